The molecular formula is C10H10N2O3. The van der Waals surface area contributed by atoms with Crippen molar-refractivity contribution in [2.24, 2.45) is 0 Å². The maximum Gasteiger partial charge on any atom is 0.354 e. The van der Waals surface area contributed by atoms with Crippen LogP contribution in [0.25, 0.3) is 10.9 Å². The van der Waals surface area contributed by atoms with E-state index in [1.807, 2.05) is 0 Å². The Morgan fingerprint density at radius 2 is 2.27 bits per heavy atom. The largest absolute Gasteiger partial charge is 0.497 e. The number of carbonyl (C=O) groups is 1. The van der Waals surface area contributed by atoms with Crippen molar-refractivity contribution in [2.45, 2.75) is 0 Å². The summed E-state index contributed by atoms with van der Waals surface area (Å²) in [5.41, 5.74) is 6.63. The summed E-state index contributed by atoms with van der Waals surface area (Å²) in [5, 5.41) is 9.51. The summed E-state index contributed by atoms with van der Waals surface area (Å²) < 4.78 is 5.03. The standard InChI is InChI=1S/C10H10N2O3/c1-15-5-2-3-7-6(4-5)8(11)9(12-7)10(13)14/h2-4,12H,11H2,1H3,(H,13,14). The molecule has 4 N–H and O–H groups in total. The molecule has 0 aliphatic rings. The van der Waals surface area contributed by atoms with Gasteiger partial charge in [0.05, 0.1) is 12.8 Å². The molecule has 0 aliphatic heterocycles. The number of H-pyrrole nitrogens is 1. The van der Waals surface area contributed by atoms with Crippen LogP contribution < -0.4 is 10.5 Å². The Morgan fingerprint density at radius 3 is 2.87 bits per heavy atom. The first-order valence-electron chi connectivity index (χ1n) is 4.32. The number of nitrogens with one attached hydrogen (secondary N) is 1. The second kappa shape index (κ2) is 3.20. The summed E-state index contributed by atoms with van der Waals surface area (Å²) in [4.78, 5) is 13.5. The number of aromatic amines is 1. The zero-order valence-electron chi connectivity index (χ0n) is 8.07. The van der Waals surface area contributed by atoms with Gasteiger partial charge in [-0.15, -0.1) is 0 Å². The van der Waals surface area contributed by atoms with E-state index >= 15 is 0 Å². The van der Waals surface area contributed by atoms with Gasteiger partial charge in [-0.2, -0.15) is 0 Å². The minimum Gasteiger partial charge on any atom is -0.497 e. The van der Waals surface area contributed by atoms with Gasteiger partial charge in [0.1, 0.15) is 11.4 Å². The van der Waals surface area contributed by atoms with Crippen LogP contribution in [-0.4, -0.2) is 23.2 Å². The average Bonchev–Trinajstić information content (AvgIpc) is 2.56. The van der Waals surface area contributed by atoms with Gasteiger partial charge in [-0.25, -0.2) is 4.79 Å². The molecule has 0 aliphatic carbocycles. The quantitative estimate of drug-likeness (QED) is 0.694. The van der Waals surface area contributed by atoms with Crippen LogP contribution in [0.2, 0.25) is 0 Å². The molecule has 5 heteroatoms. The normalized spacial score (nSPS) is 10.5. The lowest BCUT2D eigenvalue weighted by atomic mass is 10.2. The van der Waals surface area contributed by atoms with Gasteiger partial charge in [-0.3, -0.25) is 0 Å². The molecular weight excluding hydrogens is 196 g/mol. The maximum atomic E-state index is 10.8. The topological polar surface area (TPSA) is 88.3 Å². The number of carboxylic acid groups (broad SMARTS) is 1. The van der Waals surface area contributed by atoms with E-state index in [1.54, 1.807) is 25.3 Å². The van der Waals surface area contributed by atoms with Crippen molar-refractivity contribution < 1.29 is 14.6 Å². The van der Waals surface area contributed by atoms with Crippen LogP contribution >= 0.6 is 0 Å². The van der Waals surface area contributed by atoms with Crippen LogP contribution in [0.4, 0.5) is 5.69 Å². The fourth-order valence-corrected chi connectivity index (χ4v) is 1.49. The summed E-state index contributed by atoms with van der Waals surface area (Å²) in [7, 11) is 1.54. The van der Waals surface area contributed by atoms with Gasteiger partial charge in [0.2, 0.25) is 0 Å². The van der Waals surface area contributed by atoms with Gasteiger partial charge in [0.15, 0.2) is 0 Å². The van der Waals surface area contributed by atoms with Crippen molar-refractivity contribution >= 4 is 22.6 Å². The Hall–Kier alpha value is -2.17. The number of nitrogens with two attached hydrogens (primary N) is 1. The van der Waals surface area contributed by atoms with E-state index in [0.29, 0.717) is 16.7 Å². The molecule has 0 atom stereocenters. The molecule has 78 valence electrons. The smallest absolute Gasteiger partial charge is 0.354 e. The number of carboxylic acids is 1. The lowest BCUT2D eigenvalue weighted by molar-refractivity contribution is 0.0692. The second-order valence-corrected chi connectivity index (χ2v) is 3.13. The van der Waals surface area contributed by atoms with Crippen LogP contribution in [0, 0.1) is 0 Å². The SMILES string of the molecule is COc1ccc2[nH]c(C(=O)O)c(N)c2c1. The third-order valence-electron chi connectivity index (χ3n) is 2.26. The molecule has 0 amide bonds. The predicted octanol–water partition coefficient (Wildman–Crippen LogP) is 1.46. The molecule has 1 aromatic heterocycles. The van der Waals surface area contributed by atoms with Crippen molar-refractivity contribution in [1.29, 1.82) is 0 Å². The number of benzene rings is 1. The number of anilines is 1. The first kappa shape index (κ1) is 9.39. The van der Waals surface area contributed by atoms with E-state index < -0.39 is 5.97 Å². The van der Waals surface area contributed by atoms with Gasteiger partial charge in [0, 0.05) is 10.9 Å². The number of fused-ring (bicyclic) bond motifs is 1. The van der Waals surface area contributed by atoms with E-state index in [9.17, 15) is 4.79 Å². The van der Waals surface area contributed by atoms with Crippen molar-refractivity contribution in [3.05, 3.63) is 23.9 Å². The molecule has 0 saturated carbocycles. The molecule has 15 heavy (non-hydrogen) atoms. The third kappa shape index (κ3) is 1.38. The minimum absolute atomic E-state index is 0.0123. The zero-order chi connectivity index (χ0) is 11.0. The highest BCUT2D eigenvalue weighted by Gasteiger charge is 2.14. The number of rotatable bonds is 2. The number of ether oxygens (including phenoxy) is 1. The molecule has 0 unspecified atom stereocenters. The zero-order valence-corrected chi connectivity index (χ0v) is 8.07. The third-order valence-corrected chi connectivity index (χ3v) is 2.26. The van der Waals surface area contributed by atoms with Crippen LogP contribution in [-0.2, 0) is 0 Å². The Labute approximate surface area is 85.5 Å². The van der Waals surface area contributed by atoms with E-state index in [1.165, 1.54) is 0 Å². The van der Waals surface area contributed by atoms with Gasteiger partial charge >= 0.3 is 5.97 Å². The van der Waals surface area contributed by atoms with Crippen molar-refractivity contribution in [1.82, 2.24) is 4.98 Å². The van der Waals surface area contributed by atoms with Crippen molar-refractivity contribution in [3.63, 3.8) is 0 Å². The van der Waals surface area contributed by atoms with Gasteiger partial charge in [0.25, 0.3) is 0 Å². The highest BCUT2D eigenvalue weighted by Crippen LogP contribution is 2.28. The molecule has 0 bridgehead atoms. The average molecular weight is 206 g/mol. The lowest BCUT2D eigenvalue weighted by Gasteiger charge is -1.98. The van der Waals surface area contributed by atoms with Gasteiger partial charge < -0.3 is 20.6 Å². The summed E-state index contributed by atoms with van der Waals surface area (Å²) >= 11 is 0. The van der Waals surface area contributed by atoms with Gasteiger partial charge in [-0.1, -0.05) is 0 Å². The lowest BCUT2D eigenvalue weighted by Crippen LogP contribution is -2.00. The van der Waals surface area contributed by atoms with Crippen LogP contribution in [0.5, 0.6) is 5.75 Å². The highest BCUT2D eigenvalue weighted by molar-refractivity contribution is 6.04. The van der Waals surface area contributed by atoms with Crippen molar-refractivity contribution in [3.8, 4) is 5.75 Å². The van der Waals surface area contributed by atoms with E-state index in [4.69, 9.17) is 15.6 Å². The Morgan fingerprint density at radius 1 is 1.53 bits per heavy atom. The molecule has 2 aromatic rings. The van der Waals surface area contributed by atoms with Crippen molar-refractivity contribution in [2.75, 3.05) is 12.8 Å². The highest BCUT2D eigenvalue weighted by atomic mass is 16.5. The number of aromatic nitrogens is 1. The molecule has 0 saturated heterocycles. The molecule has 5 nitrogen and oxygen atoms in total. The predicted molar refractivity (Wildman–Crippen MR) is 56.2 cm³/mol. The monoisotopic (exact) mass is 206 g/mol. The summed E-state index contributed by atoms with van der Waals surface area (Å²) in [5.74, 6) is -0.423. The molecule has 2 rings (SSSR count). The molecule has 1 heterocycles. The number of hydrogen-bond acceptors (Lipinski definition) is 3. The fourth-order valence-electron chi connectivity index (χ4n) is 1.49. The number of aromatic carboxylic acids is 1. The number of methoxy groups -OCH3 is 1. The van der Waals surface area contributed by atoms with Crippen LogP contribution in [0.3, 0.4) is 0 Å². The Kier molecular flexibility index (Phi) is 2.00. The molecule has 0 fully saturated rings. The maximum absolute atomic E-state index is 10.8. The van der Waals surface area contributed by atoms with Gasteiger partial charge in [-0.05, 0) is 18.2 Å². The summed E-state index contributed by atoms with van der Waals surface area (Å²) in [6.45, 7) is 0. The first-order valence-corrected chi connectivity index (χ1v) is 4.32. The molecule has 1 aromatic carbocycles. The Balaban J connectivity index is 2.72. The number of nitrogen functional groups attached to an aromatic ring is 1. The number of hydrogen-bond donors (Lipinski definition) is 3. The van der Waals surface area contributed by atoms with Crippen LogP contribution in [0.15, 0.2) is 18.2 Å². The van der Waals surface area contributed by atoms with E-state index in [0.717, 1.165) is 0 Å². The fraction of sp³-hybridized carbons (Fsp3) is 0.100. The minimum atomic E-state index is -1.07. The molecule has 0 radical (unpaired) electrons. The Bertz CT molecular complexity index is 531. The second-order valence-electron chi connectivity index (χ2n) is 3.13. The van der Waals surface area contributed by atoms with E-state index in [2.05, 4.69) is 4.98 Å². The van der Waals surface area contributed by atoms with Crippen LogP contribution in [0.1, 0.15) is 10.5 Å². The summed E-state index contributed by atoms with van der Waals surface area (Å²) in [6, 6.07) is 5.18. The van der Waals surface area contributed by atoms with E-state index in [-0.39, 0.29) is 11.4 Å². The first-order chi connectivity index (χ1) is 7.13. The summed E-state index contributed by atoms with van der Waals surface area (Å²) in [6.07, 6.45) is 0. The molecule has 0 spiro atoms.